The van der Waals surface area contributed by atoms with Crippen LogP contribution < -0.4 is 14.5 Å². The number of piperidine rings is 1. The predicted octanol–water partition coefficient (Wildman–Crippen LogP) is 3.77. The summed E-state index contributed by atoms with van der Waals surface area (Å²) in [5.41, 5.74) is 5.07. The van der Waals surface area contributed by atoms with Gasteiger partial charge in [0.1, 0.15) is 12.4 Å². The molecular formula is C33H43N7O2. The summed E-state index contributed by atoms with van der Waals surface area (Å²) < 4.78 is 6.37. The van der Waals surface area contributed by atoms with Crippen LogP contribution in [0.5, 0.6) is 6.01 Å². The maximum Gasteiger partial charge on any atom is 0.318 e. The van der Waals surface area contributed by atoms with E-state index in [9.17, 15) is 10.1 Å². The normalized spacial score (nSPS) is 24.4. The number of nitrogens with zero attached hydrogens (tertiary/aromatic N) is 7. The third-order valence-electron chi connectivity index (χ3n) is 9.69. The Morgan fingerprint density at radius 2 is 1.98 bits per heavy atom. The first-order valence-corrected chi connectivity index (χ1v) is 15.7. The number of anilines is 2. The van der Waals surface area contributed by atoms with E-state index < -0.39 is 0 Å². The van der Waals surface area contributed by atoms with Crippen LogP contribution in [0.25, 0.3) is 0 Å². The molecule has 6 rings (SSSR count). The van der Waals surface area contributed by atoms with E-state index in [0.29, 0.717) is 44.3 Å². The fourth-order valence-electron chi connectivity index (χ4n) is 7.35. The number of rotatable bonds is 7. The molecule has 0 N–H and O–H groups in total. The molecule has 222 valence electrons. The number of likely N-dealkylation sites (N-methyl/N-ethyl adjacent to an activating group) is 1. The number of nitriles is 1. The Kier molecular flexibility index (Phi) is 8.61. The van der Waals surface area contributed by atoms with Crippen LogP contribution in [-0.2, 0) is 24.1 Å². The summed E-state index contributed by atoms with van der Waals surface area (Å²) in [4.78, 5) is 31.6. The number of fused-ring (bicyclic) bond motifs is 2. The molecule has 2 fully saturated rings. The first-order valence-electron chi connectivity index (χ1n) is 15.7. The van der Waals surface area contributed by atoms with Gasteiger partial charge in [-0.2, -0.15) is 15.2 Å². The van der Waals surface area contributed by atoms with Crippen molar-refractivity contribution in [2.45, 2.75) is 75.9 Å². The van der Waals surface area contributed by atoms with Gasteiger partial charge < -0.3 is 24.3 Å². The Labute approximate surface area is 249 Å². The number of piperazine rings is 1. The fourth-order valence-corrected chi connectivity index (χ4v) is 7.35. The highest BCUT2D eigenvalue weighted by Gasteiger charge is 2.35. The zero-order valence-corrected chi connectivity index (χ0v) is 24.9. The maximum atomic E-state index is 12.5. The van der Waals surface area contributed by atoms with Crippen LogP contribution in [0.4, 0.5) is 11.5 Å². The van der Waals surface area contributed by atoms with Gasteiger partial charge in [0.05, 0.1) is 24.2 Å². The van der Waals surface area contributed by atoms with E-state index in [1.807, 2.05) is 0 Å². The first kappa shape index (κ1) is 28.5. The van der Waals surface area contributed by atoms with Crippen molar-refractivity contribution >= 4 is 17.4 Å². The van der Waals surface area contributed by atoms with Crippen LogP contribution in [0.15, 0.2) is 36.9 Å². The molecule has 1 amide bonds. The van der Waals surface area contributed by atoms with Gasteiger partial charge in [0.2, 0.25) is 5.91 Å². The van der Waals surface area contributed by atoms with Crippen LogP contribution in [0.3, 0.4) is 0 Å². The Balaban J connectivity index is 1.29. The van der Waals surface area contributed by atoms with Gasteiger partial charge in [0.25, 0.3) is 0 Å². The number of hydrogen-bond donors (Lipinski definition) is 0. The van der Waals surface area contributed by atoms with Gasteiger partial charge >= 0.3 is 6.01 Å². The second-order valence-corrected chi connectivity index (χ2v) is 12.2. The molecule has 2 saturated heterocycles. The monoisotopic (exact) mass is 569 g/mol. The molecule has 0 radical (unpaired) electrons. The second-order valence-electron chi connectivity index (χ2n) is 12.2. The number of likely N-dealkylation sites (tertiary alicyclic amines) is 1. The van der Waals surface area contributed by atoms with E-state index in [4.69, 9.17) is 14.7 Å². The lowest BCUT2D eigenvalue weighted by molar-refractivity contribution is -0.128. The zero-order valence-electron chi connectivity index (χ0n) is 24.9. The summed E-state index contributed by atoms with van der Waals surface area (Å²) in [6.45, 7) is 8.16. The van der Waals surface area contributed by atoms with E-state index in [0.717, 1.165) is 56.7 Å². The summed E-state index contributed by atoms with van der Waals surface area (Å²) in [5.74, 6) is 0.794. The topological polar surface area (TPSA) is 88.8 Å². The third-order valence-corrected chi connectivity index (χ3v) is 9.69. The maximum absolute atomic E-state index is 12.5. The van der Waals surface area contributed by atoms with E-state index in [1.54, 1.807) is 4.90 Å². The molecule has 42 heavy (non-hydrogen) atoms. The number of aryl methyl sites for hydroxylation is 1. The number of amides is 1. The van der Waals surface area contributed by atoms with Crippen LogP contribution in [0, 0.1) is 11.3 Å². The van der Waals surface area contributed by atoms with Crippen molar-refractivity contribution in [3.8, 4) is 12.1 Å². The van der Waals surface area contributed by atoms with Crippen molar-refractivity contribution < 1.29 is 9.53 Å². The highest BCUT2D eigenvalue weighted by molar-refractivity contribution is 5.87. The van der Waals surface area contributed by atoms with E-state index in [-0.39, 0.29) is 18.4 Å². The SMILES string of the molecule is C=CC(=O)N1CCN(c2nc(OCC3CCCCN3C)nc3c2CCC(N2CCCc4ccccc42)C3)C[C@@H]1CC#N. The highest BCUT2D eigenvalue weighted by atomic mass is 16.5. The zero-order chi connectivity index (χ0) is 29.1. The van der Waals surface area contributed by atoms with Crippen molar-refractivity contribution in [1.29, 1.82) is 5.26 Å². The minimum absolute atomic E-state index is 0.120. The first-order chi connectivity index (χ1) is 20.6. The van der Waals surface area contributed by atoms with Crippen molar-refractivity contribution in [3.63, 3.8) is 0 Å². The van der Waals surface area contributed by atoms with Gasteiger partial charge in [-0.05, 0) is 69.8 Å². The second kappa shape index (κ2) is 12.7. The number of para-hydroxylation sites is 1. The van der Waals surface area contributed by atoms with Gasteiger partial charge in [-0.3, -0.25) is 4.79 Å². The fraction of sp³-hybridized carbons (Fsp3) is 0.576. The van der Waals surface area contributed by atoms with Crippen molar-refractivity contribution in [3.05, 3.63) is 53.7 Å². The Hall–Kier alpha value is -3.64. The standard InChI is InChI=1S/C33H43N7O2/c1-3-31(41)40-20-19-38(22-26(40)15-16-34)32-28-14-13-25(39-18-8-10-24-9-4-5-12-30(24)39)21-29(28)35-33(36-32)42-23-27-11-6-7-17-37(27)2/h3-5,9,12,25-27H,1,6-8,10-11,13-15,17-23H2,2H3/t25?,26-,27?/m0/s1. The molecule has 4 aliphatic rings. The summed E-state index contributed by atoms with van der Waals surface area (Å²) in [5, 5.41) is 9.54. The van der Waals surface area contributed by atoms with Crippen molar-refractivity contribution in [2.24, 2.45) is 0 Å². The largest absolute Gasteiger partial charge is 0.462 e. The van der Waals surface area contributed by atoms with Crippen LogP contribution in [0.2, 0.25) is 0 Å². The molecule has 0 spiro atoms. The number of aromatic nitrogens is 2. The molecule has 9 heteroatoms. The van der Waals surface area contributed by atoms with E-state index in [2.05, 4.69) is 58.7 Å². The molecule has 1 aromatic carbocycles. The number of carbonyl (C=O) groups is 1. The third kappa shape index (κ3) is 5.82. The summed E-state index contributed by atoms with van der Waals surface area (Å²) in [6, 6.07) is 12.1. The van der Waals surface area contributed by atoms with Crippen LogP contribution >= 0.6 is 0 Å². The summed E-state index contributed by atoms with van der Waals surface area (Å²) >= 11 is 0. The number of ether oxygens (including phenoxy) is 1. The number of benzene rings is 1. The van der Waals surface area contributed by atoms with Gasteiger partial charge in [-0.15, -0.1) is 0 Å². The molecule has 4 heterocycles. The smallest absolute Gasteiger partial charge is 0.318 e. The Bertz CT molecular complexity index is 1340. The molecule has 0 saturated carbocycles. The van der Waals surface area contributed by atoms with E-state index >= 15 is 0 Å². The lowest BCUT2D eigenvalue weighted by Gasteiger charge is -2.43. The molecule has 3 aliphatic heterocycles. The minimum atomic E-state index is -0.207. The van der Waals surface area contributed by atoms with E-state index in [1.165, 1.54) is 42.2 Å². The van der Waals surface area contributed by atoms with Crippen LogP contribution in [0.1, 0.15) is 55.3 Å². The summed E-state index contributed by atoms with van der Waals surface area (Å²) in [7, 11) is 2.17. The molecule has 2 unspecified atom stereocenters. The lowest BCUT2D eigenvalue weighted by atomic mass is 9.88. The van der Waals surface area contributed by atoms with Gasteiger partial charge in [-0.1, -0.05) is 31.2 Å². The quantitative estimate of drug-likeness (QED) is 0.466. The average Bonchev–Trinajstić information content (AvgIpc) is 3.03. The van der Waals surface area contributed by atoms with Crippen molar-refractivity contribution in [2.75, 3.05) is 56.2 Å². The lowest BCUT2D eigenvalue weighted by Crippen LogP contribution is -2.55. The summed E-state index contributed by atoms with van der Waals surface area (Å²) in [6.07, 6.45) is 10.3. The highest BCUT2D eigenvalue weighted by Crippen LogP contribution is 2.37. The Morgan fingerprint density at radius 3 is 2.81 bits per heavy atom. The number of hydrogen-bond acceptors (Lipinski definition) is 8. The molecule has 1 aliphatic carbocycles. The average molecular weight is 570 g/mol. The van der Waals surface area contributed by atoms with Gasteiger partial charge in [0, 0.05) is 55.9 Å². The van der Waals surface area contributed by atoms with Gasteiger partial charge in [-0.25, -0.2) is 0 Å². The van der Waals surface area contributed by atoms with Crippen molar-refractivity contribution in [1.82, 2.24) is 19.8 Å². The van der Waals surface area contributed by atoms with Gasteiger partial charge in [0.15, 0.2) is 0 Å². The molecule has 9 nitrogen and oxygen atoms in total. The predicted molar refractivity (Wildman–Crippen MR) is 164 cm³/mol. The molecular weight excluding hydrogens is 526 g/mol. The molecule has 1 aromatic heterocycles. The van der Waals surface area contributed by atoms with Crippen LogP contribution in [-0.4, -0.2) is 90.2 Å². The molecule has 0 bridgehead atoms. The minimum Gasteiger partial charge on any atom is -0.462 e. The molecule has 3 atom stereocenters. The Morgan fingerprint density at radius 1 is 1.10 bits per heavy atom. The number of carbonyl (C=O) groups excluding carboxylic acids is 1. The molecule has 2 aromatic rings.